The van der Waals surface area contributed by atoms with Gasteiger partial charge < -0.3 is 10.6 Å². The zero-order valence-corrected chi connectivity index (χ0v) is 13.9. The number of hydrogen-bond acceptors (Lipinski definition) is 3. The van der Waals surface area contributed by atoms with E-state index < -0.39 is 0 Å². The quantitative estimate of drug-likeness (QED) is 0.695. The van der Waals surface area contributed by atoms with E-state index in [4.69, 9.17) is 11.6 Å². The normalized spacial score (nSPS) is 10.3. The number of para-hydroxylation sites is 2. The number of halogens is 2. The van der Waals surface area contributed by atoms with E-state index in [2.05, 4.69) is 15.6 Å². The van der Waals surface area contributed by atoms with E-state index in [0.717, 1.165) is 0 Å². The number of anilines is 2. The van der Waals surface area contributed by atoms with Gasteiger partial charge in [0, 0.05) is 24.0 Å². The van der Waals surface area contributed by atoms with Gasteiger partial charge in [0.1, 0.15) is 5.82 Å². The second-order valence-electron chi connectivity index (χ2n) is 5.33. The van der Waals surface area contributed by atoms with E-state index >= 15 is 0 Å². The van der Waals surface area contributed by atoms with Crippen LogP contribution in [0.1, 0.15) is 15.9 Å². The Morgan fingerprint density at radius 1 is 1.08 bits per heavy atom. The molecule has 0 saturated carbocycles. The first-order chi connectivity index (χ1) is 12.1. The summed E-state index contributed by atoms with van der Waals surface area (Å²) in [6.07, 6.45) is 3.10. The minimum atomic E-state index is -0.348. The summed E-state index contributed by atoms with van der Waals surface area (Å²) in [5, 5.41) is 6.49. The molecule has 0 spiro atoms. The lowest BCUT2D eigenvalue weighted by Gasteiger charge is -2.14. The minimum Gasteiger partial charge on any atom is -0.379 e. The Hall–Kier alpha value is -2.92. The molecule has 3 aromatic rings. The molecule has 3 rings (SSSR count). The number of rotatable bonds is 5. The fourth-order valence-electron chi connectivity index (χ4n) is 2.31. The van der Waals surface area contributed by atoms with Gasteiger partial charge in [-0.25, -0.2) is 4.39 Å². The minimum absolute atomic E-state index is 0.258. The standard InChI is InChI=1S/C19H15ClFN3O/c20-16-8-7-15(21)10-14(16)12-23-17-5-1-2-6-18(17)24-19(25)13-4-3-9-22-11-13/h1-11,23H,12H2,(H,24,25). The molecule has 0 bridgehead atoms. The van der Waals surface area contributed by atoms with Crippen molar-refractivity contribution >= 4 is 28.9 Å². The van der Waals surface area contributed by atoms with Crippen molar-refractivity contribution < 1.29 is 9.18 Å². The number of hydrogen-bond donors (Lipinski definition) is 2. The predicted molar refractivity (Wildman–Crippen MR) is 97.4 cm³/mol. The Kier molecular flexibility index (Phi) is 5.26. The van der Waals surface area contributed by atoms with Gasteiger partial charge >= 0.3 is 0 Å². The highest BCUT2D eigenvalue weighted by atomic mass is 35.5. The zero-order chi connectivity index (χ0) is 17.6. The average molecular weight is 356 g/mol. The smallest absolute Gasteiger partial charge is 0.257 e. The van der Waals surface area contributed by atoms with Crippen molar-refractivity contribution in [1.82, 2.24) is 4.98 Å². The second-order valence-corrected chi connectivity index (χ2v) is 5.74. The summed E-state index contributed by atoms with van der Waals surface area (Å²) in [5.41, 5.74) is 2.42. The molecule has 126 valence electrons. The van der Waals surface area contributed by atoms with Gasteiger partial charge in [-0.1, -0.05) is 23.7 Å². The number of aromatic nitrogens is 1. The number of amides is 1. The first-order valence-electron chi connectivity index (χ1n) is 7.61. The van der Waals surface area contributed by atoms with Crippen LogP contribution in [0.2, 0.25) is 5.02 Å². The van der Waals surface area contributed by atoms with Crippen LogP contribution in [0.3, 0.4) is 0 Å². The Morgan fingerprint density at radius 3 is 2.64 bits per heavy atom. The van der Waals surface area contributed by atoms with Crippen molar-refractivity contribution in [1.29, 1.82) is 0 Å². The van der Waals surface area contributed by atoms with Crippen LogP contribution in [0.4, 0.5) is 15.8 Å². The van der Waals surface area contributed by atoms with Crippen molar-refractivity contribution in [3.8, 4) is 0 Å². The topological polar surface area (TPSA) is 54.0 Å². The molecule has 0 fully saturated rings. The van der Waals surface area contributed by atoms with Gasteiger partial charge in [0.25, 0.3) is 5.91 Å². The highest BCUT2D eigenvalue weighted by Gasteiger charge is 2.09. The summed E-state index contributed by atoms with van der Waals surface area (Å²) in [6, 6.07) is 14.9. The predicted octanol–water partition coefficient (Wildman–Crippen LogP) is 4.74. The van der Waals surface area contributed by atoms with Crippen LogP contribution >= 0.6 is 11.6 Å². The van der Waals surface area contributed by atoms with Gasteiger partial charge in [-0.3, -0.25) is 9.78 Å². The number of carbonyl (C=O) groups is 1. The molecular formula is C19H15ClFN3O. The van der Waals surface area contributed by atoms with Gasteiger partial charge in [0.05, 0.1) is 16.9 Å². The van der Waals surface area contributed by atoms with Crippen molar-refractivity contribution in [3.05, 3.63) is 89.0 Å². The Balaban J connectivity index is 1.75. The lowest BCUT2D eigenvalue weighted by atomic mass is 10.2. The van der Waals surface area contributed by atoms with Gasteiger partial charge in [-0.15, -0.1) is 0 Å². The van der Waals surface area contributed by atoms with Crippen LogP contribution in [0, 0.1) is 5.82 Å². The molecule has 1 heterocycles. The first-order valence-corrected chi connectivity index (χ1v) is 7.99. The summed E-state index contributed by atoms with van der Waals surface area (Å²) < 4.78 is 13.4. The number of benzene rings is 2. The fourth-order valence-corrected chi connectivity index (χ4v) is 2.49. The number of nitrogens with zero attached hydrogens (tertiary/aromatic N) is 1. The summed E-state index contributed by atoms with van der Waals surface area (Å²) in [6.45, 7) is 0.330. The van der Waals surface area contributed by atoms with Crippen LogP contribution in [0.25, 0.3) is 0 Å². The van der Waals surface area contributed by atoms with Crippen molar-refractivity contribution in [2.75, 3.05) is 10.6 Å². The van der Waals surface area contributed by atoms with Crippen LogP contribution in [-0.2, 0) is 6.54 Å². The summed E-state index contributed by atoms with van der Waals surface area (Å²) in [7, 11) is 0. The van der Waals surface area contributed by atoms with Crippen LogP contribution in [0.5, 0.6) is 0 Å². The van der Waals surface area contributed by atoms with Crippen LogP contribution in [-0.4, -0.2) is 10.9 Å². The molecule has 0 saturated heterocycles. The van der Waals surface area contributed by atoms with Crippen molar-refractivity contribution in [2.45, 2.75) is 6.54 Å². The van der Waals surface area contributed by atoms with E-state index in [1.165, 1.54) is 24.4 Å². The van der Waals surface area contributed by atoms with Gasteiger partial charge in [0.2, 0.25) is 0 Å². The molecule has 1 aromatic heterocycles. The molecule has 0 aliphatic carbocycles. The van der Waals surface area contributed by atoms with E-state index in [1.807, 2.05) is 18.2 Å². The van der Waals surface area contributed by atoms with E-state index in [0.29, 0.717) is 34.1 Å². The lowest BCUT2D eigenvalue weighted by molar-refractivity contribution is 0.102. The number of nitrogens with one attached hydrogen (secondary N) is 2. The highest BCUT2D eigenvalue weighted by molar-refractivity contribution is 6.31. The third-order valence-electron chi connectivity index (χ3n) is 3.58. The number of pyridine rings is 1. The summed E-state index contributed by atoms with van der Waals surface area (Å²) >= 11 is 6.08. The second kappa shape index (κ2) is 7.77. The Morgan fingerprint density at radius 2 is 1.88 bits per heavy atom. The molecule has 0 aliphatic rings. The van der Waals surface area contributed by atoms with Gasteiger partial charge in [-0.2, -0.15) is 0 Å². The maximum atomic E-state index is 13.4. The van der Waals surface area contributed by atoms with E-state index in [9.17, 15) is 9.18 Å². The molecule has 25 heavy (non-hydrogen) atoms. The lowest BCUT2D eigenvalue weighted by Crippen LogP contribution is -2.14. The molecular weight excluding hydrogens is 341 g/mol. The third-order valence-corrected chi connectivity index (χ3v) is 3.94. The first kappa shape index (κ1) is 16.9. The molecule has 4 nitrogen and oxygen atoms in total. The maximum absolute atomic E-state index is 13.4. The molecule has 0 atom stereocenters. The molecule has 0 aliphatic heterocycles. The van der Waals surface area contributed by atoms with Crippen molar-refractivity contribution in [3.63, 3.8) is 0 Å². The Labute approximate surface area is 149 Å². The zero-order valence-electron chi connectivity index (χ0n) is 13.2. The third kappa shape index (κ3) is 4.33. The molecule has 0 radical (unpaired) electrons. The number of carbonyl (C=O) groups excluding carboxylic acids is 1. The molecule has 1 amide bonds. The maximum Gasteiger partial charge on any atom is 0.257 e. The molecule has 0 unspecified atom stereocenters. The largest absolute Gasteiger partial charge is 0.379 e. The SMILES string of the molecule is O=C(Nc1ccccc1NCc1cc(F)ccc1Cl)c1cccnc1. The summed E-state index contributed by atoms with van der Waals surface area (Å²) in [4.78, 5) is 16.2. The van der Waals surface area contributed by atoms with E-state index in [-0.39, 0.29) is 11.7 Å². The average Bonchev–Trinajstić information content (AvgIpc) is 2.64. The molecule has 2 N–H and O–H groups in total. The van der Waals surface area contributed by atoms with Gasteiger partial charge in [-0.05, 0) is 48.0 Å². The van der Waals surface area contributed by atoms with Gasteiger partial charge in [0.15, 0.2) is 0 Å². The summed E-state index contributed by atoms with van der Waals surface area (Å²) in [5.74, 6) is -0.606. The monoisotopic (exact) mass is 355 g/mol. The van der Waals surface area contributed by atoms with Crippen LogP contribution < -0.4 is 10.6 Å². The molecule has 2 aromatic carbocycles. The van der Waals surface area contributed by atoms with Crippen LogP contribution in [0.15, 0.2) is 67.0 Å². The van der Waals surface area contributed by atoms with Crippen molar-refractivity contribution in [2.24, 2.45) is 0 Å². The molecule has 6 heteroatoms. The Bertz CT molecular complexity index is 887. The fraction of sp³-hybridized carbons (Fsp3) is 0.0526. The highest BCUT2D eigenvalue weighted by Crippen LogP contribution is 2.24. The van der Waals surface area contributed by atoms with E-state index in [1.54, 1.807) is 24.4 Å².